The lowest BCUT2D eigenvalue weighted by Gasteiger charge is -2.19. The number of nitrogens with one attached hydrogen (secondary N) is 1. The summed E-state index contributed by atoms with van der Waals surface area (Å²) in [5.41, 5.74) is 1.09. The van der Waals surface area contributed by atoms with Crippen molar-refractivity contribution in [3.05, 3.63) is 23.5 Å². The summed E-state index contributed by atoms with van der Waals surface area (Å²) in [4.78, 5) is 28.3. The molecule has 136 valence electrons. The number of aromatic nitrogens is 3. The second-order valence-electron chi connectivity index (χ2n) is 7.09. The van der Waals surface area contributed by atoms with Crippen LogP contribution in [0.25, 0.3) is 11.0 Å². The minimum atomic E-state index is -0.877. The molecule has 0 saturated carbocycles. The summed E-state index contributed by atoms with van der Waals surface area (Å²) in [6, 6.07) is 1.93. The van der Waals surface area contributed by atoms with E-state index in [1.54, 1.807) is 26.1 Å². The Labute approximate surface area is 147 Å². The van der Waals surface area contributed by atoms with E-state index >= 15 is 0 Å². The van der Waals surface area contributed by atoms with Crippen molar-refractivity contribution in [1.29, 1.82) is 0 Å². The van der Waals surface area contributed by atoms with E-state index in [0.29, 0.717) is 29.6 Å². The second-order valence-corrected chi connectivity index (χ2v) is 7.09. The van der Waals surface area contributed by atoms with Crippen LogP contribution < -0.4 is 5.32 Å². The predicted octanol–water partition coefficient (Wildman–Crippen LogP) is 2.94. The van der Waals surface area contributed by atoms with Crippen LogP contribution in [0.1, 0.15) is 62.6 Å². The minimum absolute atomic E-state index is 0.194. The Morgan fingerprint density at radius 1 is 1.40 bits per heavy atom. The molecule has 0 aliphatic heterocycles. The predicted molar refractivity (Wildman–Crippen MR) is 95.6 cm³/mol. The molecule has 2 aromatic rings. The normalized spacial score (nSPS) is 13.0. The summed E-state index contributed by atoms with van der Waals surface area (Å²) in [5, 5.41) is 17.1. The van der Waals surface area contributed by atoms with Gasteiger partial charge in [-0.1, -0.05) is 6.92 Å². The lowest BCUT2D eigenvalue weighted by Crippen LogP contribution is -2.32. The van der Waals surface area contributed by atoms with Gasteiger partial charge < -0.3 is 10.4 Å². The van der Waals surface area contributed by atoms with Gasteiger partial charge in [0, 0.05) is 12.2 Å². The number of nitrogens with zero attached hydrogens (tertiary/aromatic N) is 3. The van der Waals surface area contributed by atoms with E-state index in [9.17, 15) is 9.59 Å². The molecule has 1 amide bonds. The SMILES string of the molecule is CCC(C)n1ncc2c(C(=O)NCCC(C)(C)C(=O)O)cc(C)nc21. The van der Waals surface area contributed by atoms with Crippen molar-refractivity contribution in [3.63, 3.8) is 0 Å². The van der Waals surface area contributed by atoms with E-state index in [2.05, 4.69) is 29.2 Å². The van der Waals surface area contributed by atoms with Gasteiger partial charge in [0.1, 0.15) is 0 Å². The van der Waals surface area contributed by atoms with Gasteiger partial charge in [-0.3, -0.25) is 9.59 Å². The topological polar surface area (TPSA) is 97.1 Å². The fourth-order valence-corrected chi connectivity index (χ4v) is 2.52. The van der Waals surface area contributed by atoms with Gasteiger partial charge >= 0.3 is 5.97 Å². The van der Waals surface area contributed by atoms with E-state index in [0.717, 1.165) is 12.1 Å². The number of carbonyl (C=O) groups excluding carboxylic acids is 1. The standard InChI is InChI=1S/C18H26N4O3/c1-6-12(3)22-15-14(10-20-22)13(9-11(2)21-15)16(23)19-8-7-18(4,5)17(24)25/h9-10,12H,6-8H2,1-5H3,(H,19,23)(H,24,25). The van der Waals surface area contributed by atoms with E-state index in [-0.39, 0.29) is 11.9 Å². The van der Waals surface area contributed by atoms with Gasteiger partial charge in [0.05, 0.1) is 28.6 Å². The molecule has 0 aromatic carbocycles. The third-order valence-electron chi connectivity index (χ3n) is 4.56. The van der Waals surface area contributed by atoms with Crippen molar-refractivity contribution in [1.82, 2.24) is 20.1 Å². The number of pyridine rings is 1. The zero-order valence-electron chi connectivity index (χ0n) is 15.5. The van der Waals surface area contributed by atoms with Crippen molar-refractivity contribution < 1.29 is 14.7 Å². The molecule has 0 radical (unpaired) electrons. The van der Waals surface area contributed by atoms with Gasteiger partial charge in [-0.05, 0) is 46.6 Å². The number of fused-ring (bicyclic) bond motifs is 1. The molecular formula is C18H26N4O3. The van der Waals surface area contributed by atoms with Crippen LogP contribution in [0.15, 0.2) is 12.3 Å². The monoisotopic (exact) mass is 346 g/mol. The van der Waals surface area contributed by atoms with Gasteiger partial charge in [-0.15, -0.1) is 0 Å². The molecule has 2 N–H and O–H groups in total. The van der Waals surface area contributed by atoms with Crippen molar-refractivity contribution in [2.45, 2.75) is 53.5 Å². The first-order valence-corrected chi connectivity index (χ1v) is 8.53. The number of rotatable bonds is 7. The van der Waals surface area contributed by atoms with Crippen molar-refractivity contribution >= 4 is 22.9 Å². The van der Waals surface area contributed by atoms with Gasteiger partial charge in [-0.25, -0.2) is 9.67 Å². The molecule has 2 rings (SSSR count). The van der Waals surface area contributed by atoms with Crippen LogP contribution in [-0.4, -0.2) is 38.3 Å². The number of aliphatic carboxylic acids is 1. The lowest BCUT2D eigenvalue weighted by molar-refractivity contribution is -0.147. The third kappa shape index (κ3) is 3.97. The third-order valence-corrected chi connectivity index (χ3v) is 4.56. The highest BCUT2D eigenvalue weighted by Gasteiger charge is 2.27. The van der Waals surface area contributed by atoms with Gasteiger partial charge in [0.15, 0.2) is 5.65 Å². The number of aryl methyl sites for hydroxylation is 1. The Bertz CT molecular complexity index is 795. The summed E-state index contributed by atoms with van der Waals surface area (Å²) in [6.45, 7) is 9.56. The van der Waals surface area contributed by atoms with E-state index < -0.39 is 11.4 Å². The van der Waals surface area contributed by atoms with Gasteiger partial charge in [0.25, 0.3) is 5.91 Å². The zero-order chi connectivity index (χ0) is 18.8. The first-order valence-electron chi connectivity index (χ1n) is 8.53. The van der Waals surface area contributed by atoms with Crippen LogP contribution in [0.4, 0.5) is 0 Å². The Hall–Kier alpha value is -2.44. The fraction of sp³-hybridized carbons (Fsp3) is 0.556. The highest BCUT2D eigenvalue weighted by atomic mass is 16.4. The molecule has 7 heteroatoms. The number of hydrogen-bond donors (Lipinski definition) is 2. The molecule has 0 bridgehead atoms. The average Bonchev–Trinajstić information content (AvgIpc) is 2.96. The first-order chi connectivity index (χ1) is 11.7. The smallest absolute Gasteiger partial charge is 0.309 e. The van der Waals surface area contributed by atoms with Gasteiger partial charge in [-0.2, -0.15) is 5.10 Å². The quantitative estimate of drug-likeness (QED) is 0.803. The number of hydrogen-bond acceptors (Lipinski definition) is 4. The molecular weight excluding hydrogens is 320 g/mol. The number of amides is 1. The molecule has 7 nitrogen and oxygen atoms in total. The number of carboxylic acids is 1. The van der Waals surface area contributed by atoms with E-state index in [4.69, 9.17) is 5.11 Å². The summed E-state index contributed by atoms with van der Waals surface area (Å²) >= 11 is 0. The summed E-state index contributed by atoms with van der Waals surface area (Å²) in [5.74, 6) is -1.11. The largest absolute Gasteiger partial charge is 0.481 e. The van der Waals surface area contributed by atoms with Crippen LogP contribution in [0.5, 0.6) is 0 Å². The highest BCUT2D eigenvalue weighted by Crippen LogP contribution is 2.23. The van der Waals surface area contributed by atoms with Gasteiger partial charge in [0.2, 0.25) is 0 Å². The van der Waals surface area contributed by atoms with Crippen molar-refractivity contribution in [3.8, 4) is 0 Å². The first kappa shape index (κ1) is 18.9. The number of carbonyl (C=O) groups is 2. The van der Waals surface area contributed by atoms with Crippen molar-refractivity contribution in [2.24, 2.45) is 5.41 Å². The zero-order valence-corrected chi connectivity index (χ0v) is 15.5. The molecule has 0 spiro atoms. The van der Waals surface area contributed by atoms with Crippen molar-refractivity contribution in [2.75, 3.05) is 6.54 Å². The van der Waals surface area contributed by atoms with E-state index in [1.165, 1.54) is 0 Å². The maximum Gasteiger partial charge on any atom is 0.309 e. The lowest BCUT2D eigenvalue weighted by atomic mass is 9.89. The van der Waals surface area contributed by atoms with Crippen LogP contribution in [0, 0.1) is 12.3 Å². The molecule has 2 heterocycles. The maximum atomic E-state index is 12.6. The molecule has 0 aliphatic carbocycles. The van der Waals surface area contributed by atoms with Crippen LogP contribution >= 0.6 is 0 Å². The van der Waals surface area contributed by atoms with Crippen LogP contribution in [-0.2, 0) is 4.79 Å². The molecule has 1 unspecified atom stereocenters. The number of carboxylic acid groups (broad SMARTS) is 1. The summed E-state index contributed by atoms with van der Waals surface area (Å²) < 4.78 is 1.84. The molecule has 0 saturated heterocycles. The Morgan fingerprint density at radius 2 is 2.08 bits per heavy atom. The molecule has 2 aromatic heterocycles. The Balaban J connectivity index is 2.24. The maximum absolute atomic E-state index is 12.6. The molecule has 1 atom stereocenters. The summed E-state index contributed by atoms with van der Waals surface area (Å²) in [7, 11) is 0. The second kappa shape index (κ2) is 7.21. The summed E-state index contributed by atoms with van der Waals surface area (Å²) in [6.07, 6.45) is 2.94. The molecule has 0 aliphatic rings. The van der Waals surface area contributed by atoms with Crippen LogP contribution in [0.3, 0.4) is 0 Å². The minimum Gasteiger partial charge on any atom is -0.481 e. The Morgan fingerprint density at radius 3 is 2.68 bits per heavy atom. The highest BCUT2D eigenvalue weighted by molar-refractivity contribution is 6.05. The Kier molecular flexibility index (Phi) is 5.45. The molecule has 25 heavy (non-hydrogen) atoms. The average molecular weight is 346 g/mol. The molecule has 0 fully saturated rings. The fourth-order valence-electron chi connectivity index (χ4n) is 2.52. The van der Waals surface area contributed by atoms with E-state index in [1.807, 2.05) is 11.6 Å². The van der Waals surface area contributed by atoms with Crippen LogP contribution in [0.2, 0.25) is 0 Å².